The lowest BCUT2D eigenvalue weighted by Crippen LogP contribution is -2.20. The van der Waals surface area contributed by atoms with Crippen molar-refractivity contribution in [3.63, 3.8) is 0 Å². The molecule has 1 aliphatic rings. The Morgan fingerprint density at radius 2 is 2.13 bits per heavy atom. The predicted octanol–water partition coefficient (Wildman–Crippen LogP) is 2.86. The van der Waals surface area contributed by atoms with Crippen molar-refractivity contribution in [3.8, 4) is 0 Å². The number of amides is 1. The Kier molecular flexibility index (Phi) is 3.21. The van der Waals surface area contributed by atoms with Crippen molar-refractivity contribution in [1.82, 2.24) is 4.98 Å². The number of pyridine rings is 1. The van der Waals surface area contributed by atoms with Crippen molar-refractivity contribution in [3.05, 3.63) is 23.4 Å². The summed E-state index contributed by atoms with van der Waals surface area (Å²) in [6.45, 7) is 0. The molecule has 0 aromatic carbocycles. The largest absolute Gasteiger partial charge is 0.310 e. The first-order valence-electron chi connectivity index (χ1n) is 5.18. The number of rotatable bonds is 2. The van der Waals surface area contributed by atoms with Gasteiger partial charge in [0, 0.05) is 12.1 Å². The van der Waals surface area contributed by atoms with E-state index in [1.165, 1.54) is 6.20 Å². The summed E-state index contributed by atoms with van der Waals surface area (Å²) in [6, 6.07) is 3.44. The highest BCUT2D eigenvalue weighted by atomic mass is 35.5. The highest BCUT2D eigenvalue weighted by molar-refractivity contribution is 6.30. The number of aromatic nitrogens is 1. The van der Waals surface area contributed by atoms with Gasteiger partial charge in [-0.25, -0.2) is 4.98 Å². The maximum absolute atomic E-state index is 11.7. The lowest BCUT2D eigenvalue weighted by molar-refractivity contribution is -0.119. The highest BCUT2D eigenvalue weighted by Gasteiger charge is 2.22. The van der Waals surface area contributed by atoms with Crippen LogP contribution in [0.2, 0.25) is 5.02 Å². The molecule has 1 saturated carbocycles. The fraction of sp³-hybridized carbons (Fsp3) is 0.455. The van der Waals surface area contributed by atoms with Crippen molar-refractivity contribution >= 4 is 23.3 Å². The average Bonchev–Trinajstić information content (AvgIpc) is 2.74. The molecule has 3 nitrogen and oxygen atoms in total. The first-order chi connectivity index (χ1) is 7.25. The van der Waals surface area contributed by atoms with Gasteiger partial charge in [0.2, 0.25) is 5.91 Å². The number of nitrogens with one attached hydrogen (secondary N) is 1. The van der Waals surface area contributed by atoms with Gasteiger partial charge in [-0.05, 0) is 25.0 Å². The fourth-order valence-electron chi connectivity index (χ4n) is 1.87. The molecule has 1 aromatic heterocycles. The quantitative estimate of drug-likeness (QED) is 0.840. The third kappa shape index (κ3) is 2.69. The lowest BCUT2D eigenvalue weighted by atomic mass is 10.1. The SMILES string of the molecule is O=C(Nc1ccc(Cl)cn1)C1CCCC1. The van der Waals surface area contributed by atoms with Crippen LogP contribution in [0.5, 0.6) is 0 Å². The monoisotopic (exact) mass is 224 g/mol. The summed E-state index contributed by atoms with van der Waals surface area (Å²) in [4.78, 5) is 15.7. The predicted molar refractivity (Wildman–Crippen MR) is 59.8 cm³/mol. The van der Waals surface area contributed by atoms with Crippen LogP contribution in [-0.4, -0.2) is 10.9 Å². The zero-order chi connectivity index (χ0) is 10.7. The number of nitrogens with zero attached hydrogens (tertiary/aromatic N) is 1. The number of carbonyl (C=O) groups is 1. The maximum atomic E-state index is 11.7. The Morgan fingerprint density at radius 3 is 2.73 bits per heavy atom. The lowest BCUT2D eigenvalue weighted by Gasteiger charge is -2.09. The van der Waals surface area contributed by atoms with Crippen LogP contribution in [0.3, 0.4) is 0 Å². The van der Waals surface area contributed by atoms with E-state index in [1.807, 2.05) is 0 Å². The summed E-state index contributed by atoms with van der Waals surface area (Å²) in [6.07, 6.45) is 5.85. The number of hydrogen-bond acceptors (Lipinski definition) is 2. The Labute approximate surface area is 93.8 Å². The van der Waals surface area contributed by atoms with Gasteiger partial charge in [-0.3, -0.25) is 4.79 Å². The van der Waals surface area contributed by atoms with Crippen LogP contribution in [-0.2, 0) is 4.79 Å². The van der Waals surface area contributed by atoms with E-state index >= 15 is 0 Å². The van der Waals surface area contributed by atoms with E-state index < -0.39 is 0 Å². The molecule has 1 fully saturated rings. The zero-order valence-electron chi connectivity index (χ0n) is 8.37. The molecule has 0 radical (unpaired) electrons. The Balaban J connectivity index is 1.96. The fourth-order valence-corrected chi connectivity index (χ4v) is 1.98. The van der Waals surface area contributed by atoms with Gasteiger partial charge in [0.1, 0.15) is 5.82 Å². The molecule has 0 aliphatic heterocycles. The van der Waals surface area contributed by atoms with Gasteiger partial charge in [-0.2, -0.15) is 0 Å². The molecule has 1 heterocycles. The minimum Gasteiger partial charge on any atom is -0.310 e. The van der Waals surface area contributed by atoms with Crippen LogP contribution in [0.1, 0.15) is 25.7 Å². The van der Waals surface area contributed by atoms with Gasteiger partial charge < -0.3 is 5.32 Å². The van der Waals surface area contributed by atoms with Crippen LogP contribution >= 0.6 is 11.6 Å². The third-order valence-corrected chi connectivity index (χ3v) is 2.93. The Hall–Kier alpha value is -1.09. The van der Waals surface area contributed by atoms with Crippen molar-refractivity contribution in [1.29, 1.82) is 0 Å². The number of halogens is 1. The van der Waals surface area contributed by atoms with Gasteiger partial charge in [0.05, 0.1) is 5.02 Å². The summed E-state index contributed by atoms with van der Waals surface area (Å²) in [5.41, 5.74) is 0. The highest BCUT2D eigenvalue weighted by Crippen LogP contribution is 2.25. The van der Waals surface area contributed by atoms with Crippen LogP contribution in [0, 0.1) is 5.92 Å². The molecule has 1 amide bonds. The van der Waals surface area contributed by atoms with E-state index in [9.17, 15) is 4.79 Å². The molecule has 0 unspecified atom stereocenters. The second kappa shape index (κ2) is 4.62. The van der Waals surface area contributed by atoms with Gasteiger partial charge in [0.25, 0.3) is 0 Å². The molecule has 0 atom stereocenters. The molecular formula is C11H13ClN2O. The van der Waals surface area contributed by atoms with Crippen molar-refractivity contribution in [2.75, 3.05) is 5.32 Å². The van der Waals surface area contributed by atoms with Crippen molar-refractivity contribution in [2.45, 2.75) is 25.7 Å². The average molecular weight is 225 g/mol. The Bertz CT molecular complexity index is 344. The minimum atomic E-state index is 0.0855. The summed E-state index contributed by atoms with van der Waals surface area (Å²) in [5.74, 6) is 0.834. The summed E-state index contributed by atoms with van der Waals surface area (Å²) in [5, 5.41) is 3.38. The second-order valence-electron chi connectivity index (χ2n) is 3.83. The van der Waals surface area contributed by atoms with E-state index in [1.54, 1.807) is 12.1 Å². The van der Waals surface area contributed by atoms with Crippen LogP contribution in [0.25, 0.3) is 0 Å². The normalized spacial score (nSPS) is 16.6. The summed E-state index contributed by atoms with van der Waals surface area (Å²) in [7, 11) is 0. The first-order valence-corrected chi connectivity index (χ1v) is 5.56. The van der Waals surface area contributed by atoms with Crippen LogP contribution < -0.4 is 5.32 Å². The number of anilines is 1. The molecule has 0 bridgehead atoms. The second-order valence-corrected chi connectivity index (χ2v) is 4.27. The van der Waals surface area contributed by atoms with Gasteiger partial charge in [0.15, 0.2) is 0 Å². The van der Waals surface area contributed by atoms with E-state index in [0.29, 0.717) is 10.8 Å². The van der Waals surface area contributed by atoms with Crippen LogP contribution in [0.4, 0.5) is 5.82 Å². The smallest absolute Gasteiger partial charge is 0.228 e. The first kappa shape index (κ1) is 10.4. The number of carbonyl (C=O) groups excluding carboxylic acids is 1. The van der Waals surface area contributed by atoms with Crippen molar-refractivity contribution < 1.29 is 4.79 Å². The van der Waals surface area contributed by atoms with Crippen molar-refractivity contribution in [2.24, 2.45) is 5.92 Å². The molecule has 0 spiro atoms. The van der Waals surface area contributed by atoms with Gasteiger partial charge in [-0.1, -0.05) is 24.4 Å². The molecule has 1 aromatic rings. The summed E-state index contributed by atoms with van der Waals surface area (Å²) >= 11 is 5.70. The topological polar surface area (TPSA) is 42.0 Å². The number of hydrogen-bond donors (Lipinski definition) is 1. The summed E-state index contributed by atoms with van der Waals surface area (Å²) < 4.78 is 0. The van der Waals surface area contributed by atoms with E-state index in [-0.39, 0.29) is 11.8 Å². The van der Waals surface area contributed by atoms with E-state index in [2.05, 4.69) is 10.3 Å². The molecule has 15 heavy (non-hydrogen) atoms. The molecule has 2 rings (SSSR count). The molecular weight excluding hydrogens is 212 g/mol. The van der Waals surface area contributed by atoms with Crippen LogP contribution in [0.15, 0.2) is 18.3 Å². The zero-order valence-corrected chi connectivity index (χ0v) is 9.13. The van der Waals surface area contributed by atoms with E-state index in [4.69, 9.17) is 11.6 Å². The molecule has 80 valence electrons. The molecule has 1 N–H and O–H groups in total. The van der Waals surface area contributed by atoms with Gasteiger partial charge in [-0.15, -0.1) is 0 Å². The molecule has 1 aliphatic carbocycles. The molecule has 4 heteroatoms. The maximum Gasteiger partial charge on any atom is 0.228 e. The third-order valence-electron chi connectivity index (χ3n) is 2.70. The van der Waals surface area contributed by atoms with Gasteiger partial charge >= 0.3 is 0 Å². The molecule has 0 saturated heterocycles. The van der Waals surface area contributed by atoms with E-state index in [0.717, 1.165) is 25.7 Å². The Morgan fingerprint density at radius 1 is 1.40 bits per heavy atom. The minimum absolute atomic E-state index is 0.0855. The standard InChI is InChI=1S/C11H13ClN2O/c12-9-5-6-10(13-7-9)14-11(15)8-3-1-2-4-8/h5-8H,1-4H2,(H,13,14,15).